The number of benzene rings is 3. The van der Waals surface area contributed by atoms with Crippen molar-refractivity contribution in [1.29, 1.82) is 0 Å². The lowest BCUT2D eigenvalue weighted by Crippen LogP contribution is -2.52. The number of amides is 2. The van der Waals surface area contributed by atoms with Crippen molar-refractivity contribution in [3.8, 4) is 0 Å². The summed E-state index contributed by atoms with van der Waals surface area (Å²) in [4.78, 5) is 28.7. The second-order valence-electron chi connectivity index (χ2n) is 9.90. The van der Waals surface area contributed by atoms with Gasteiger partial charge in [0.2, 0.25) is 11.8 Å². The van der Waals surface area contributed by atoms with Gasteiger partial charge in [-0.05, 0) is 60.2 Å². The fourth-order valence-corrected chi connectivity index (χ4v) is 6.00. The molecule has 7 nitrogen and oxygen atoms in total. The molecule has 0 unspecified atom stereocenters. The van der Waals surface area contributed by atoms with Gasteiger partial charge in [-0.1, -0.05) is 87.8 Å². The maximum atomic E-state index is 14.1. The highest BCUT2D eigenvalue weighted by atomic mass is 35.5. The van der Waals surface area contributed by atoms with E-state index in [-0.39, 0.29) is 23.3 Å². The first-order valence-corrected chi connectivity index (χ1v) is 15.4. The van der Waals surface area contributed by atoms with Gasteiger partial charge in [-0.2, -0.15) is 0 Å². The number of sulfonamides is 1. The number of anilines is 1. The molecule has 9 heteroatoms. The smallest absolute Gasteiger partial charge is 0.264 e. The van der Waals surface area contributed by atoms with Gasteiger partial charge in [0.1, 0.15) is 12.6 Å². The Balaban J connectivity index is 2.06. The molecule has 0 saturated carbocycles. The minimum absolute atomic E-state index is 0.0576. The molecule has 1 atom stereocenters. The molecule has 3 rings (SSSR count). The first-order valence-electron chi connectivity index (χ1n) is 13.6. The van der Waals surface area contributed by atoms with Gasteiger partial charge < -0.3 is 10.2 Å². The summed E-state index contributed by atoms with van der Waals surface area (Å²) in [6.07, 6.45) is 1.09. The zero-order chi connectivity index (χ0) is 29.3. The van der Waals surface area contributed by atoms with Crippen molar-refractivity contribution in [2.45, 2.75) is 63.9 Å². The summed E-state index contributed by atoms with van der Waals surface area (Å²) in [6, 6.07) is 21.5. The van der Waals surface area contributed by atoms with E-state index in [1.165, 1.54) is 17.0 Å². The van der Waals surface area contributed by atoms with Crippen molar-refractivity contribution >= 4 is 39.1 Å². The Hall–Kier alpha value is -3.36. The second kappa shape index (κ2) is 14.3. The van der Waals surface area contributed by atoms with Crippen LogP contribution in [0.5, 0.6) is 0 Å². The molecular weight excluding hydrogens is 546 g/mol. The van der Waals surface area contributed by atoms with Gasteiger partial charge in [-0.25, -0.2) is 8.42 Å². The van der Waals surface area contributed by atoms with Crippen LogP contribution in [0.3, 0.4) is 0 Å². The fraction of sp³-hybridized carbons (Fsp3) is 0.355. The Morgan fingerprint density at radius 1 is 0.900 bits per heavy atom. The number of hydrogen-bond acceptors (Lipinski definition) is 4. The molecule has 1 N–H and O–H groups in total. The molecule has 0 bridgehead atoms. The molecule has 0 aromatic heterocycles. The second-order valence-corrected chi connectivity index (χ2v) is 12.2. The third kappa shape index (κ3) is 7.64. The van der Waals surface area contributed by atoms with Crippen molar-refractivity contribution < 1.29 is 18.0 Å². The van der Waals surface area contributed by atoms with E-state index >= 15 is 0 Å². The highest BCUT2D eigenvalue weighted by Gasteiger charge is 2.33. The number of carbonyl (C=O) groups is 2. The average Bonchev–Trinajstić information content (AvgIpc) is 2.96. The summed E-state index contributed by atoms with van der Waals surface area (Å²) in [5.41, 5.74) is 2.08. The van der Waals surface area contributed by atoms with E-state index in [0.29, 0.717) is 29.2 Å². The van der Waals surface area contributed by atoms with Gasteiger partial charge in [0, 0.05) is 18.1 Å². The molecular formula is C31H38ClN3O4S. The zero-order valence-corrected chi connectivity index (χ0v) is 25.1. The summed E-state index contributed by atoms with van der Waals surface area (Å²) in [5.74, 6) is -0.540. The highest BCUT2D eigenvalue weighted by Crippen LogP contribution is 2.27. The summed E-state index contributed by atoms with van der Waals surface area (Å²) in [6.45, 7) is 7.93. The normalized spacial score (nSPS) is 12.2. The molecule has 0 spiro atoms. The van der Waals surface area contributed by atoms with Crippen LogP contribution in [0.4, 0.5) is 5.69 Å². The standard InChI is InChI=1S/C31H38ClN3O4S/c1-5-20-33-31(37)29(6-2)34(21-25-12-10-11-15-28(25)32)30(36)22-35(26-18-16-24(17-19-26)23(3)4)40(38,39)27-13-8-7-9-14-27/h7-19,23,29H,5-6,20-22H2,1-4H3,(H,33,37)/t29-/m1/s1. The van der Waals surface area contributed by atoms with Crippen LogP contribution in [0.1, 0.15) is 57.6 Å². The Bertz CT molecular complexity index is 1380. The minimum Gasteiger partial charge on any atom is -0.354 e. The lowest BCUT2D eigenvalue weighted by Gasteiger charge is -2.33. The van der Waals surface area contributed by atoms with E-state index in [0.717, 1.165) is 16.3 Å². The molecule has 40 heavy (non-hydrogen) atoms. The van der Waals surface area contributed by atoms with E-state index in [4.69, 9.17) is 11.6 Å². The van der Waals surface area contributed by atoms with Crippen LogP contribution in [0.15, 0.2) is 83.8 Å². The van der Waals surface area contributed by atoms with Crippen molar-refractivity contribution in [1.82, 2.24) is 10.2 Å². The van der Waals surface area contributed by atoms with Crippen LogP contribution < -0.4 is 9.62 Å². The molecule has 0 aliphatic carbocycles. The SMILES string of the molecule is CCCNC(=O)[C@@H](CC)N(Cc1ccccc1Cl)C(=O)CN(c1ccc(C(C)C)cc1)S(=O)(=O)c1ccccc1. The van der Waals surface area contributed by atoms with Crippen molar-refractivity contribution in [3.63, 3.8) is 0 Å². The summed E-state index contributed by atoms with van der Waals surface area (Å²) < 4.78 is 28.9. The summed E-state index contributed by atoms with van der Waals surface area (Å²) in [7, 11) is -4.10. The van der Waals surface area contributed by atoms with Gasteiger partial charge in [0.25, 0.3) is 10.0 Å². The number of halogens is 1. The summed E-state index contributed by atoms with van der Waals surface area (Å²) in [5, 5.41) is 3.34. The number of hydrogen-bond donors (Lipinski definition) is 1. The van der Waals surface area contributed by atoms with E-state index in [1.54, 1.807) is 48.5 Å². The predicted octanol–water partition coefficient (Wildman–Crippen LogP) is 5.99. The third-order valence-corrected chi connectivity index (χ3v) is 8.85. The predicted molar refractivity (Wildman–Crippen MR) is 161 cm³/mol. The summed E-state index contributed by atoms with van der Waals surface area (Å²) >= 11 is 6.43. The average molecular weight is 584 g/mol. The van der Waals surface area contributed by atoms with Crippen LogP contribution in [0.25, 0.3) is 0 Å². The highest BCUT2D eigenvalue weighted by molar-refractivity contribution is 7.92. The first-order chi connectivity index (χ1) is 19.1. The Morgan fingerprint density at radius 3 is 2.10 bits per heavy atom. The van der Waals surface area contributed by atoms with E-state index in [2.05, 4.69) is 19.2 Å². The molecule has 214 valence electrons. The molecule has 0 aliphatic heterocycles. The minimum atomic E-state index is -4.10. The largest absolute Gasteiger partial charge is 0.354 e. The van der Waals surface area contributed by atoms with Crippen LogP contribution in [-0.4, -0.2) is 44.3 Å². The quantitative estimate of drug-likeness (QED) is 0.268. The van der Waals surface area contributed by atoms with Gasteiger partial charge in [-0.15, -0.1) is 0 Å². The van der Waals surface area contributed by atoms with Crippen molar-refractivity contribution in [2.75, 3.05) is 17.4 Å². The molecule has 2 amide bonds. The number of rotatable bonds is 13. The van der Waals surface area contributed by atoms with Crippen LogP contribution in [-0.2, 0) is 26.2 Å². The Labute approximate surface area is 243 Å². The van der Waals surface area contributed by atoms with Crippen LogP contribution in [0.2, 0.25) is 5.02 Å². The topological polar surface area (TPSA) is 86.8 Å². The van der Waals surface area contributed by atoms with Gasteiger partial charge in [-0.3, -0.25) is 13.9 Å². The van der Waals surface area contributed by atoms with E-state index < -0.39 is 28.5 Å². The fourth-order valence-electron chi connectivity index (χ4n) is 4.37. The molecule has 3 aromatic carbocycles. The van der Waals surface area contributed by atoms with E-state index in [1.807, 2.05) is 32.0 Å². The van der Waals surface area contributed by atoms with Gasteiger partial charge in [0.15, 0.2) is 0 Å². The molecule has 0 fully saturated rings. The van der Waals surface area contributed by atoms with Gasteiger partial charge in [0.05, 0.1) is 10.6 Å². The molecule has 0 radical (unpaired) electrons. The van der Waals surface area contributed by atoms with Crippen LogP contribution >= 0.6 is 11.6 Å². The molecule has 3 aromatic rings. The number of nitrogens with one attached hydrogen (secondary N) is 1. The lowest BCUT2D eigenvalue weighted by molar-refractivity contribution is -0.140. The van der Waals surface area contributed by atoms with E-state index in [9.17, 15) is 18.0 Å². The third-order valence-electron chi connectivity index (χ3n) is 6.69. The van der Waals surface area contributed by atoms with Crippen LogP contribution in [0, 0.1) is 0 Å². The Kier molecular flexibility index (Phi) is 11.2. The van der Waals surface area contributed by atoms with Crippen molar-refractivity contribution in [2.24, 2.45) is 0 Å². The number of nitrogens with zero attached hydrogens (tertiary/aromatic N) is 2. The molecule has 0 saturated heterocycles. The molecule has 0 aliphatic rings. The van der Waals surface area contributed by atoms with Crippen molar-refractivity contribution in [3.05, 3.63) is 95.0 Å². The zero-order valence-electron chi connectivity index (χ0n) is 23.5. The molecule has 0 heterocycles. The maximum absolute atomic E-state index is 14.1. The monoisotopic (exact) mass is 583 g/mol. The Morgan fingerprint density at radius 2 is 1.52 bits per heavy atom. The lowest BCUT2D eigenvalue weighted by atomic mass is 10.0. The number of carbonyl (C=O) groups excluding carboxylic acids is 2. The maximum Gasteiger partial charge on any atom is 0.264 e. The van der Waals surface area contributed by atoms with Gasteiger partial charge >= 0.3 is 0 Å². The first kappa shape index (κ1) is 31.2.